The Balaban J connectivity index is 1.82. The Kier molecular flexibility index (Phi) is 5.18. The SMILES string of the molecule is CC(C)(O)c1nonc1C(=O)N(CC1CCC(F)(F)CC1)N1C=CC=CO1. The van der Waals surface area contributed by atoms with Crippen LogP contribution >= 0.6 is 0 Å². The molecular formula is C17H22F2N4O4. The highest BCUT2D eigenvalue weighted by Gasteiger charge is 2.39. The molecule has 148 valence electrons. The van der Waals surface area contributed by atoms with E-state index in [-0.39, 0.29) is 36.7 Å². The summed E-state index contributed by atoms with van der Waals surface area (Å²) in [6.07, 6.45) is 6.36. The van der Waals surface area contributed by atoms with Gasteiger partial charge in [-0.05, 0) is 49.9 Å². The normalized spacial score (nSPS) is 19.8. The van der Waals surface area contributed by atoms with E-state index in [4.69, 9.17) is 4.84 Å². The summed E-state index contributed by atoms with van der Waals surface area (Å²) in [5.41, 5.74) is -1.61. The summed E-state index contributed by atoms with van der Waals surface area (Å²) >= 11 is 0. The number of nitrogens with zero attached hydrogens (tertiary/aromatic N) is 4. The quantitative estimate of drug-likeness (QED) is 0.834. The number of rotatable bonds is 5. The van der Waals surface area contributed by atoms with Gasteiger partial charge in [-0.3, -0.25) is 4.79 Å². The van der Waals surface area contributed by atoms with Gasteiger partial charge in [-0.15, -0.1) is 5.17 Å². The first-order valence-electron chi connectivity index (χ1n) is 8.72. The van der Waals surface area contributed by atoms with Crippen LogP contribution in [-0.2, 0) is 10.4 Å². The van der Waals surface area contributed by atoms with Crippen molar-refractivity contribution in [1.29, 1.82) is 0 Å². The molecule has 3 rings (SSSR count). The van der Waals surface area contributed by atoms with Crippen molar-refractivity contribution in [2.75, 3.05) is 6.54 Å². The van der Waals surface area contributed by atoms with Crippen LogP contribution in [0.1, 0.15) is 55.7 Å². The van der Waals surface area contributed by atoms with Gasteiger partial charge in [0.25, 0.3) is 5.91 Å². The van der Waals surface area contributed by atoms with E-state index in [1.165, 1.54) is 36.5 Å². The molecule has 1 N–H and O–H groups in total. The van der Waals surface area contributed by atoms with Gasteiger partial charge in [-0.25, -0.2) is 18.4 Å². The highest BCUT2D eigenvalue weighted by molar-refractivity contribution is 5.93. The van der Waals surface area contributed by atoms with E-state index in [1.54, 1.807) is 12.2 Å². The molecule has 8 nitrogen and oxygen atoms in total. The molecule has 0 radical (unpaired) electrons. The van der Waals surface area contributed by atoms with Gasteiger partial charge in [-0.2, -0.15) is 0 Å². The molecule has 0 atom stereocenters. The second kappa shape index (κ2) is 7.26. The van der Waals surface area contributed by atoms with Crippen LogP contribution in [0, 0.1) is 5.92 Å². The molecule has 0 bridgehead atoms. The van der Waals surface area contributed by atoms with Crippen LogP contribution in [0.4, 0.5) is 8.78 Å². The molecule has 1 aliphatic carbocycles. The minimum Gasteiger partial charge on any atom is -0.384 e. The van der Waals surface area contributed by atoms with Gasteiger partial charge in [0, 0.05) is 19.4 Å². The zero-order chi connectivity index (χ0) is 19.7. The van der Waals surface area contributed by atoms with Crippen molar-refractivity contribution >= 4 is 5.91 Å². The van der Waals surface area contributed by atoms with Crippen molar-refractivity contribution in [3.05, 3.63) is 36.0 Å². The maximum atomic E-state index is 13.4. The van der Waals surface area contributed by atoms with E-state index < -0.39 is 17.4 Å². The average molecular weight is 384 g/mol. The Morgan fingerprint density at radius 2 is 2.07 bits per heavy atom. The van der Waals surface area contributed by atoms with Crippen molar-refractivity contribution in [1.82, 2.24) is 20.5 Å². The van der Waals surface area contributed by atoms with E-state index in [0.29, 0.717) is 12.8 Å². The van der Waals surface area contributed by atoms with Gasteiger partial charge in [0.15, 0.2) is 0 Å². The number of allylic oxidation sites excluding steroid dienone is 2. The Morgan fingerprint density at radius 3 is 2.67 bits per heavy atom. The molecule has 2 aliphatic rings. The molecule has 1 amide bonds. The lowest BCUT2D eigenvalue weighted by Crippen LogP contribution is -2.47. The number of amides is 1. The van der Waals surface area contributed by atoms with Crippen LogP contribution in [0.15, 0.2) is 29.2 Å². The Hall–Kier alpha value is -2.49. The molecule has 1 aromatic heterocycles. The minimum atomic E-state index is -2.65. The first-order chi connectivity index (χ1) is 12.7. The van der Waals surface area contributed by atoms with Gasteiger partial charge in [-0.1, -0.05) is 5.16 Å². The number of hydrogen-bond acceptors (Lipinski definition) is 7. The number of halogens is 2. The molecule has 1 saturated carbocycles. The lowest BCUT2D eigenvalue weighted by molar-refractivity contribution is -0.196. The number of alkyl halides is 2. The summed E-state index contributed by atoms with van der Waals surface area (Å²) in [4.78, 5) is 18.4. The smallest absolute Gasteiger partial charge is 0.299 e. The van der Waals surface area contributed by atoms with E-state index in [1.807, 2.05) is 0 Å². The van der Waals surface area contributed by atoms with Crippen molar-refractivity contribution < 1.29 is 28.1 Å². The van der Waals surface area contributed by atoms with Crippen LogP contribution in [0.3, 0.4) is 0 Å². The predicted octanol–water partition coefficient (Wildman–Crippen LogP) is 2.75. The summed E-state index contributed by atoms with van der Waals surface area (Å²) in [5, 5.41) is 19.9. The van der Waals surface area contributed by atoms with Crippen LogP contribution in [0.2, 0.25) is 0 Å². The predicted molar refractivity (Wildman–Crippen MR) is 88.7 cm³/mol. The highest BCUT2D eigenvalue weighted by Crippen LogP contribution is 2.37. The molecule has 0 aromatic carbocycles. The molecule has 1 aromatic rings. The van der Waals surface area contributed by atoms with Crippen molar-refractivity contribution in [2.45, 2.75) is 51.1 Å². The van der Waals surface area contributed by atoms with Gasteiger partial charge < -0.3 is 9.94 Å². The maximum Gasteiger partial charge on any atom is 0.299 e. The summed E-state index contributed by atoms with van der Waals surface area (Å²) in [7, 11) is 0. The molecule has 10 heteroatoms. The third kappa shape index (κ3) is 4.44. The lowest BCUT2D eigenvalue weighted by atomic mass is 9.86. The van der Waals surface area contributed by atoms with E-state index in [9.17, 15) is 18.7 Å². The van der Waals surface area contributed by atoms with E-state index >= 15 is 0 Å². The molecule has 0 saturated heterocycles. The fourth-order valence-corrected chi connectivity index (χ4v) is 3.07. The number of hydroxylamine groups is 1. The zero-order valence-corrected chi connectivity index (χ0v) is 15.1. The topological polar surface area (TPSA) is 91.9 Å². The number of hydrogen-bond donors (Lipinski definition) is 1. The molecule has 1 aliphatic heterocycles. The lowest BCUT2D eigenvalue weighted by Gasteiger charge is -2.36. The van der Waals surface area contributed by atoms with Gasteiger partial charge >= 0.3 is 0 Å². The van der Waals surface area contributed by atoms with E-state index in [0.717, 1.165) is 0 Å². The standard InChI is InChI=1S/C17H22F2N4O4/c1-16(2,25)14-13(20-27-21-14)15(24)22(23-9-3-4-10-26-23)11-12-5-7-17(18,19)8-6-12/h3-4,9-10,12,25H,5-8,11H2,1-2H3. The number of carbonyl (C=O) groups is 1. The Morgan fingerprint density at radius 1 is 1.37 bits per heavy atom. The Labute approximate surface area is 154 Å². The van der Waals surface area contributed by atoms with Crippen LogP contribution in [0.5, 0.6) is 0 Å². The molecule has 0 unspecified atom stereocenters. The number of aromatic nitrogens is 2. The molecular weight excluding hydrogens is 362 g/mol. The summed E-state index contributed by atoms with van der Waals surface area (Å²) in [6, 6.07) is 0. The summed E-state index contributed by atoms with van der Waals surface area (Å²) < 4.78 is 31.5. The fraction of sp³-hybridized carbons (Fsp3) is 0.588. The minimum absolute atomic E-state index is 0.00999. The van der Waals surface area contributed by atoms with Crippen molar-refractivity contribution in [3.8, 4) is 0 Å². The zero-order valence-electron chi connectivity index (χ0n) is 15.1. The number of aliphatic hydroxyl groups is 1. The Bertz CT molecular complexity index is 732. The fourth-order valence-electron chi connectivity index (χ4n) is 3.07. The van der Waals surface area contributed by atoms with Crippen molar-refractivity contribution in [3.63, 3.8) is 0 Å². The first-order valence-corrected chi connectivity index (χ1v) is 8.72. The second-order valence-corrected chi connectivity index (χ2v) is 7.29. The summed E-state index contributed by atoms with van der Waals surface area (Å²) in [6.45, 7) is 3.07. The molecule has 0 spiro atoms. The van der Waals surface area contributed by atoms with Gasteiger partial charge in [0.05, 0.1) is 6.20 Å². The first kappa shape index (κ1) is 19.3. The van der Waals surface area contributed by atoms with Gasteiger partial charge in [0.1, 0.15) is 17.6 Å². The molecule has 27 heavy (non-hydrogen) atoms. The monoisotopic (exact) mass is 384 g/mol. The molecule has 1 fully saturated rings. The molecule has 2 heterocycles. The number of hydrazine groups is 1. The van der Waals surface area contributed by atoms with Crippen LogP contribution in [0.25, 0.3) is 0 Å². The van der Waals surface area contributed by atoms with E-state index in [2.05, 4.69) is 14.9 Å². The summed E-state index contributed by atoms with van der Waals surface area (Å²) in [5.74, 6) is -3.38. The third-order valence-electron chi connectivity index (χ3n) is 4.58. The third-order valence-corrected chi connectivity index (χ3v) is 4.58. The number of carbonyl (C=O) groups excluding carboxylic acids is 1. The van der Waals surface area contributed by atoms with Gasteiger partial charge in [0.2, 0.25) is 11.6 Å². The second-order valence-electron chi connectivity index (χ2n) is 7.29. The highest BCUT2D eigenvalue weighted by atomic mass is 19.3. The largest absolute Gasteiger partial charge is 0.384 e. The average Bonchev–Trinajstić information content (AvgIpc) is 3.11. The van der Waals surface area contributed by atoms with Crippen LogP contribution in [-0.4, -0.2) is 44.0 Å². The van der Waals surface area contributed by atoms with Crippen LogP contribution < -0.4 is 0 Å². The maximum absolute atomic E-state index is 13.4. The van der Waals surface area contributed by atoms with Crippen molar-refractivity contribution in [2.24, 2.45) is 5.92 Å².